The van der Waals surface area contributed by atoms with E-state index in [9.17, 15) is 10.1 Å². The second-order valence-electron chi connectivity index (χ2n) is 5.15. The summed E-state index contributed by atoms with van der Waals surface area (Å²) < 4.78 is 2.42. The molecular weight excluding hydrogens is 276 g/mol. The van der Waals surface area contributed by atoms with Crippen molar-refractivity contribution in [2.24, 2.45) is 7.05 Å². The highest BCUT2D eigenvalue weighted by Gasteiger charge is 2.44. The molecule has 3 rings (SSSR count). The van der Waals surface area contributed by atoms with Gasteiger partial charge in [-0.3, -0.25) is 15.2 Å². The number of benzene rings is 1. The Morgan fingerprint density at radius 2 is 2.25 bits per heavy atom. The number of H-pyrrole nitrogens is 1. The smallest absolute Gasteiger partial charge is 0.269 e. The largest absolute Gasteiger partial charge is 0.307 e. The molecule has 0 spiro atoms. The molecule has 1 fully saturated rings. The average molecular weight is 290 g/mol. The number of hydrogen-bond acceptors (Lipinski definition) is 4. The van der Waals surface area contributed by atoms with Crippen molar-refractivity contribution in [3.05, 3.63) is 50.5 Å². The van der Waals surface area contributed by atoms with Crippen molar-refractivity contribution in [1.29, 1.82) is 0 Å². The molecule has 1 aromatic heterocycles. The third-order valence-electron chi connectivity index (χ3n) is 4.12. The van der Waals surface area contributed by atoms with Crippen LogP contribution in [-0.4, -0.2) is 19.7 Å². The second-order valence-corrected chi connectivity index (χ2v) is 5.54. The van der Waals surface area contributed by atoms with Crippen molar-refractivity contribution in [2.45, 2.75) is 24.7 Å². The van der Waals surface area contributed by atoms with Crippen LogP contribution in [0.15, 0.2) is 24.3 Å². The van der Waals surface area contributed by atoms with Crippen LogP contribution in [0.25, 0.3) is 0 Å². The molecular formula is C13H14N4O2S. The number of non-ortho nitro benzene ring substituents is 1. The van der Waals surface area contributed by atoms with Gasteiger partial charge in [0.1, 0.15) is 5.82 Å². The number of nitrogens with one attached hydrogen (secondary N) is 1. The molecule has 0 radical (unpaired) electrons. The van der Waals surface area contributed by atoms with E-state index >= 15 is 0 Å². The number of nitro benzene ring substituents is 1. The SMILES string of the molecule is Cn1c(C2(c3cccc([N+](=O)[O-])c3)CCC2)n[nH]c1=S. The molecule has 1 aliphatic carbocycles. The van der Waals surface area contributed by atoms with Crippen LogP contribution in [0.1, 0.15) is 30.7 Å². The summed E-state index contributed by atoms with van der Waals surface area (Å²) in [6.07, 6.45) is 2.95. The average Bonchev–Trinajstić information content (AvgIpc) is 2.71. The Morgan fingerprint density at radius 1 is 1.50 bits per heavy atom. The normalized spacial score (nSPS) is 16.6. The Kier molecular flexibility index (Phi) is 2.93. The van der Waals surface area contributed by atoms with Gasteiger partial charge in [0.25, 0.3) is 5.69 Å². The molecule has 0 bridgehead atoms. The predicted molar refractivity (Wildman–Crippen MR) is 76.1 cm³/mol. The molecule has 104 valence electrons. The monoisotopic (exact) mass is 290 g/mol. The molecule has 1 aliphatic rings. The van der Waals surface area contributed by atoms with E-state index in [0.717, 1.165) is 30.7 Å². The molecule has 1 heterocycles. The van der Waals surface area contributed by atoms with Crippen molar-refractivity contribution in [1.82, 2.24) is 14.8 Å². The molecule has 7 heteroatoms. The van der Waals surface area contributed by atoms with Crippen molar-refractivity contribution < 1.29 is 4.92 Å². The highest BCUT2D eigenvalue weighted by atomic mass is 32.1. The van der Waals surface area contributed by atoms with E-state index in [1.807, 2.05) is 17.7 Å². The number of hydrogen-bond donors (Lipinski definition) is 1. The maximum atomic E-state index is 11.0. The molecule has 1 aromatic carbocycles. The Hall–Kier alpha value is -2.02. The molecule has 0 unspecified atom stereocenters. The summed E-state index contributed by atoms with van der Waals surface area (Å²) in [4.78, 5) is 10.6. The quantitative estimate of drug-likeness (QED) is 0.535. The van der Waals surface area contributed by atoms with Crippen LogP contribution in [0.3, 0.4) is 0 Å². The number of aromatic nitrogens is 3. The van der Waals surface area contributed by atoms with Gasteiger partial charge in [0, 0.05) is 19.2 Å². The lowest BCUT2D eigenvalue weighted by atomic mass is 9.63. The van der Waals surface area contributed by atoms with Crippen LogP contribution < -0.4 is 0 Å². The zero-order valence-corrected chi connectivity index (χ0v) is 11.8. The van der Waals surface area contributed by atoms with Gasteiger partial charge < -0.3 is 4.57 Å². The Bertz CT molecular complexity index is 730. The summed E-state index contributed by atoms with van der Waals surface area (Å²) in [6.45, 7) is 0. The van der Waals surface area contributed by atoms with E-state index in [0.29, 0.717) is 4.77 Å². The lowest BCUT2D eigenvalue weighted by molar-refractivity contribution is -0.385. The zero-order chi connectivity index (χ0) is 14.3. The van der Waals surface area contributed by atoms with Crippen LogP contribution in [0, 0.1) is 14.9 Å². The number of nitro groups is 1. The summed E-state index contributed by atoms with van der Waals surface area (Å²) in [5.74, 6) is 0.856. The molecule has 1 saturated carbocycles. The van der Waals surface area contributed by atoms with E-state index in [1.54, 1.807) is 12.1 Å². The van der Waals surface area contributed by atoms with E-state index in [-0.39, 0.29) is 16.0 Å². The third-order valence-corrected chi connectivity index (χ3v) is 4.49. The first-order valence-corrected chi connectivity index (χ1v) is 6.82. The Labute approximate surface area is 120 Å². The Morgan fingerprint density at radius 3 is 2.75 bits per heavy atom. The molecule has 6 nitrogen and oxygen atoms in total. The lowest BCUT2D eigenvalue weighted by Crippen LogP contribution is -2.38. The first-order chi connectivity index (χ1) is 9.54. The minimum absolute atomic E-state index is 0.116. The van der Waals surface area contributed by atoms with Gasteiger partial charge in [0.05, 0.1) is 10.3 Å². The van der Waals surface area contributed by atoms with Crippen LogP contribution >= 0.6 is 12.2 Å². The fraction of sp³-hybridized carbons (Fsp3) is 0.385. The Balaban J connectivity index is 2.14. The van der Waals surface area contributed by atoms with Gasteiger partial charge in [0.15, 0.2) is 4.77 Å². The molecule has 0 aliphatic heterocycles. The van der Waals surface area contributed by atoms with Crippen LogP contribution in [-0.2, 0) is 12.5 Å². The number of aromatic amines is 1. The maximum absolute atomic E-state index is 11.0. The van der Waals surface area contributed by atoms with Gasteiger partial charge in [-0.25, -0.2) is 0 Å². The number of rotatable bonds is 3. The summed E-state index contributed by atoms with van der Waals surface area (Å²) in [6, 6.07) is 6.83. The van der Waals surface area contributed by atoms with Crippen molar-refractivity contribution in [3.8, 4) is 0 Å². The fourth-order valence-corrected chi connectivity index (χ4v) is 3.00. The van der Waals surface area contributed by atoms with Crippen molar-refractivity contribution in [3.63, 3.8) is 0 Å². The van der Waals surface area contributed by atoms with Gasteiger partial charge in [-0.15, -0.1) is 0 Å². The maximum Gasteiger partial charge on any atom is 0.269 e. The van der Waals surface area contributed by atoms with E-state index in [4.69, 9.17) is 12.2 Å². The summed E-state index contributed by atoms with van der Waals surface area (Å²) in [5.41, 5.74) is 0.800. The first kappa shape index (κ1) is 13.0. The topological polar surface area (TPSA) is 76.8 Å². The van der Waals surface area contributed by atoms with Gasteiger partial charge >= 0.3 is 0 Å². The molecule has 0 saturated heterocycles. The van der Waals surface area contributed by atoms with Crippen LogP contribution in [0.4, 0.5) is 5.69 Å². The highest BCUT2D eigenvalue weighted by Crippen LogP contribution is 2.48. The van der Waals surface area contributed by atoms with Gasteiger partial charge in [0.2, 0.25) is 0 Å². The molecule has 0 atom stereocenters. The molecule has 20 heavy (non-hydrogen) atoms. The zero-order valence-electron chi connectivity index (χ0n) is 11.0. The van der Waals surface area contributed by atoms with Crippen LogP contribution in [0.5, 0.6) is 0 Å². The highest BCUT2D eigenvalue weighted by molar-refractivity contribution is 7.71. The van der Waals surface area contributed by atoms with Crippen molar-refractivity contribution >= 4 is 17.9 Å². The summed E-state index contributed by atoms with van der Waals surface area (Å²) in [5, 5.41) is 18.1. The summed E-state index contributed by atoms with van der Waals surface area (Å²) in [7, 11) is 1.87. The molecule has 2 aromatic rings. The summed E-state index contributed by atoms with van der Waals surface area (Å²) >= 11 is 5.17. The third kappa shape index (κ3) is 1.77. The second kappa shape index (κ2) is 4.52. The fourth-order valence-electron chi connectivity index (χ4n) is 2.86. The van der Waals surface area contributed by atoms with Crippen LogP contribution in [0.2, 0.25) is 0 Å². The van der Waals surface area contributed by atoms with Gasteiger partial charge in [-0.1, -0.05) is 18.6 Å². The lowest BCUT2D eigenvalue weighted by Gasteiger charge is -2.41. The predicted octanol–water partition coefficient (Wildman–Crippen LogP) is 2.86. The first-order valence-electron chi connectivity index (χ1n) is 6.41. The van der Waals surface area contributed by atoms with E-state index in [2.05, 4.69) is 10.2 Å². The minimum Gasteiger partial charge on any atom is -0.307 e. The van der Waals surface area contributed by atoms with Gasteiger partial charge in [-0.2, -0.15) is 5.10 Å². The molecule has 0 amide bonds. The number of nitrogens with zero attached hydrogens (tertiary/aromatic N) is 3. The van der Waals surface area contributed by atoms with E-state index < -0.39 is 0 Å². The van der Waals surface area contributed by atoms with Gasteiger partial charge in [-0.05, 0) is 30.6 Å². The standard InChI is InChI=1S/C13H14N4O2S/c1-16-11(14-15-12(16)20)13(6-3-7-13)9-4-2-5-10(8-9)17(18)19/h2,4-5,8H,3,6-7H2,1H3,(H,15,20). The molecule has 1 N–H and O–H groups in total. The minimum atomic E-state index is -0.362. The van der Waals surface area contributed by atoms with Crippen molar-refractivity contribution in [2.75, 3.05) is 0 Å². The van der Waals surface area contributed by atoms with E-state index in [1.165, 1.54) is 6.07 Å².